The van der Waals surface area contributed by atoms with E-state index in [1.165, 1.54) is 0 Å². The van der Waals surface area contributed by atoms with Crippen molar-refractivity contribution in [2.24, 2.45) is 11.3 Å². The molecule has 0 aliphatic carbocycles. The molecule has 4 nitrogen and oxygen atoms in total. The zero-order valence-corrected chi connectivity index (χ0v) is 12.6. The second kappa shape index (κ2) is 6.23. The van der Waals surface area contributed by atoms with Crippen LogP contribution >= 0.6 is 0 Å². The van der Waals surface area contributed by atoms with Crippen molar-refractivity contribution in [1.82, 2.24) is 10.2 Å². The largest absolute Gasteiger partial charge is 0.381 e. The molecule has 1 amide bonds. The molecule has 0 saturated carbocycles. The zero-order valence-electron chi connectivity index (χ0n) is 12.6. The van der Waals surface area contributed by atoms with E-state index < -0.39 is 0 Å². The Hall–Kier alpha value is -0.610. The number of ether oxygens (including phenoxy) is 1. The predicted octanol–water partition coefficient (Wildman–Crippen LogP) is 1.65. The van der Waals surface area contributed by atoms with Gasteiger partial charge in [-0.1, -0.05) is 13.8 Å². The maximum Gasteiger partial charge on any atom is 0.239 e. The van der Waals surface area contributed by atoms with Gasteiger partial charge < -0.3 is 15.0 Å². The molecule has 2 rings (SSSR count). The van der Waals surface area contributed by atoms with Gasteiger partial charge in [-0.25, -0.2) is 0 Å². The molecular weight excluding hydrogens is 240 g/mol. The number of nitrogens with zero attached hydrogens (tertiary/aromatic N) is 1. The van der Waals surface area contributed by atoms with Crippen LogP contribution in [0, 0.1) is 11.3 Å². The fraction of sp³-hybridized carbons (Fsp3) is 0.933. The predicted molar refractivity (Wildman–Crippen MR) is 76.0 cm³/mol. The molecule has 1 unspecified atom stereocenters. The van der Waals surface area contributed by atoms with Gasteiger partial charge in [-0.3, -0.25) is 4.79 Å². The van der Waals surface area contributed by atoms with Crippen LogP contribution in [0.3, 0.4) is 0 Å². The molecule has 0 aromatic rings. The Kier molecular flexibility index (Phi) is 4.85. The minimum Gasteiger partial charge on any atom is -0.381 e. The SMILES string of the molecule is CNC1CC(C)(C)CCN(CC2CCOCC2)C1=O. The highest BCUT2D eigenvalue weighted by Crippen LogP contribution is 2.31. The summed E-state index contributed by atoms with van der Waals surface area (Å²) in [6, 6.07) is -0.0164. The first-order valence-corrected chi connectivity index (χ1v) is 7.55. The number of carbonyl (C=O) groups excluding carboxylic acids is 1. The summed E-state index contributed by atoms with van der Waals surface area (Å²) in [6.45, 7) is 8.06. The molecule has 2 aliphatic heterocycles. The number of likely N-dealkylation sites (N-methyl/N-ethyl adjacent to an activating group) is 1. The number of hydrogen-bond donors (Lipinski definition) is 1. The summed E-state index contributed by atoms with van der Waals surface area (Å²) in [4.78, 5) is 14.7. The van der Waals surface area contributed by atoms with Crippen LogP contribution < -0.4 is 5.32 Å². The molecule has 0 aromatic carbocycles. The average molecular weight is 268 g/mol. The van der Waals surface area contributed by atoms with Gasteiger partial charge in [0, 0.05) is 26.3 Å². The fourth-order valence-electron chi connectivity index (χ4n) is 3.16. The van der Waals surface area contributed by atoms with E-state index in [0.29, 0.717) is 11.8 Å². The molecule has 1 N–H and O–H groups in total. The average Bonchev–Trinajstić information content (AvgIpc) is 2.51. The lowest BCUT2D eigenvalue weighted by atomic mass is 9.83. The van der Waals surface area contributed by atoms with Gasteiger partial charge in [0.1, 0.15) is 0 Å². The quantitative estimate of drug-likeness (QED) is 0.846. The van der Waals surface area contributed by atoms with Crippen molar-refractivity contribution < 1.29 is 9.53 Å². The van der Waals surface area contributed by atoms with Crippen molar-refractivity contribution in [2.45, 2.75) is 45.6 Å². The van der Waals surface area contributed by atoms with Crippen LogP contribution in [0.1, 0.15) is 39.5 Å². The summed E-state index contributed by atoms with van der Waals surface area (Å²) in [7, 11) is 1.90. The number of nitrogens with one attached hydrogen (secondary N) is 1. The second-order valence-electron chi connectivity index (χ2n) is 6.80. The number of amides is 1. The Bertz CT molecular complexity index is 311. The summed E-state index contributed by atoms with van der Waals surface area (Å²) in [6.07, 6.45) is 4.22. The van der Waals surface area contributed by atoms with Crippen molar-refractivity contribution in [3.8, 4) is 0 Å². The summed E-state index contributed by atoms with van der Waals surface area (Å²) in [5.74, 6) is 0.913. The van der Waals surface area contributed by atoms with Crippen LogP contribution in [0.5, 0.6) is 0 Å². The third kappa shape index (κ3) is 3.93. The lowest BCUT2D eigenvalue weighted by Gasteiger charge is -2.30. The van der Waals surface area contributed by atoms with Crippen molar-refractivity contribution in [3.05, 3.63) is 0 Å². The Morgan fingerprint density at radius 3 is 2.68 bits per heavy atom. The lowest BCUT2D eigenvalue weighted by Crippen LogP contribution is -2.46. The molecule has 0 radical (unpaired) electrons. The third-order valence-electron chi connectivity index (χ3n) is 4.59. The number of carbonyl (C=O) groups is 1. The molecule has 19 heavy (non-hydrogen) atoms. The highest BCUT2D eigenvalue weighted by Gasteiger charge is 2.35. The van der Waals surface area contributed by atoms with Crippen LogP contribution in [0.15, 0.2) is 0 Å². The maximum absolute atomic E-state index is 12.6. The van der Waals surface area contributed by atoms with Gasteiger partial charge in [0.25, 0.3) is 0 Å². The summed E-state index contributed by atoms with van der Waals surface area (Å²) in [5.41, 5.74) is 0.244. The van der Waals surface area contributed by atoms with E-state index in [1.807, 2.05) is 7.05 Å². The first-order valence-electron chi connectivity index (χ1n) is 7.55. The molecule has 2 fully saturated rings. The first kappa shape index (κ1) is 14.8. The molecule has 2 saturated heterocycles. The molecule has 1 atom stereocenters. The van der Waals surface area contributed by atoms with Crippen molar-refractivity contribution >= 4 is 5.91 Å². The van der Waals surface area contributed by atoms with E-state index in [9.17, 15) is 4.79 Å². The molecule has 110 valence electrons. The van der Waals surface area contributed by atoms with Crippen molar-refractivity contribution in [3.63, 3.8) is 0 Å². The molecule has 2 heterocycles. The zero-order chi connectivity index (χ0) is 13.9. The van der Waals surface area contributed by atoms with Gasteiger partial charge in [0.2, 0.25) is 5.91 Å². The van der Waals surface area contributed by atoms with Gasteiger partial charge in [0.15, 0.2) is 0 Å². The van der Waals surface area contributed by atoms with Crippen molar-refractivity contribution in [2.75, 3.05) is 33.4 Å². The summed E-state index contributed by atoms with van der Waals surface area (Å²) < 4.78 is 5.40. The number of likely N-dealkylation sites (tertiary alicyclic amines) is 1. The van der Waals surface area contributed by atoms with Gasteiger partial charge >= 0.3 is 0 Å². The van der Waals surface area contributed by atoms with E-state index in [2.05, 4.69) is 24.1 Å². The first-order chi connectivity index (χ1) is 9.02. The van der Waals surface area contributed by atoms with Gasteiger partial charge in [-0.05, 0) is 44.1 Å². The van der Waals surface area contributed by atoms with Crippen LogP contribution in [0.2, 0.25) is 0 Å². The van der Waals surface area contributed by atoms with E-state index in [4.69, 9.17) is 4.74 Å². The smallest absolute Gasteiger partial charge is 0.239 e. The highest BCUT2D eigenvalue weighted by atomic mass is 16.5. The molecule has 0 bridgehead atoms. The Balaban J connectivity index is 1.99. The minimum atomic E-state index is -0.0164. The molecule has 0 aromatic heterocycles. The van der Waals surface area contributed by atoms with Crippen LogP contribution in [-0.4, -0.2) is 50.2 Å². The topological polar surface area (TPSA) is 41.6 Å². The van der Waals surface area contributed by atoms with Gasteiger partial charge in [-0.2, -0.15) is 0 Å². The molecule has 2 aliphatic rings. The third-order valence-corrected chi connectivity index (χ3v) is 4.59. The monoisotopic (exact) mass is 268 g/mol. The normalized spacial score (nSPS) is 29.3. The molecule has 4 heteroatoms. The molecule has 0 spiro atoms. The van der Waals surface area contributed by atoms with E-state index in [1.54, 1.807) is 0 Å². The van der Waals surface area contributed by atoms with E-state index in [-0.39, 0.29) is 11.5 Å². The minimum absolute atomic E-state index is 0.0164. The van der Waals surface area contributed by atoms with Crippen LogP contribution in [0.25, 0.3) is 0 Å². The fourth-order valence-corrected chi connectivity index (χ4v) is 3.16. The lowest BCUT2D eigenvalue weighted by molar-refractivity contribution is -0.133. The van der Waals surface area contributed by atoms with Crippen molar-refractivity contribution in [1.29, 1.82) is 0 Å². The Morgan fingerprint density at radius 2 is 2.05 bits per heavy atom. The number of hydrogen-bond acceptors (Lipinski definition) is 3. The highest BCUT2D eigenvalue weighted by molar-refractivity contribution is 5.82. The Morgan fingerprint density at radius 1 is 1.37 bits per heavy atom. The summed E-state index contributed by atoms with van der Waals surface area (Å²) in [5, 5.41) is 3.20. The van der Waals surface area contributed by atoms with E-state index >= 15 is 0 Å². The van der Waals surface area contributed by atoms with Gasteiger partial charge in [0.05, 0.1) is 6.04 Å². The maximum atomic E-state index is 12.6. The van der Waals surface area contributed by atoms with E-state index in [0.717, 1.165) is 52.0 Å². The standard InChI is InChI=1S/C15H28N2O2/c1-15(2)6-7-17(14(18)13(10-15)16-3)11-12-4-8-19-9-5-12/h12-13,16H,4-11H2,1-3H3. The summed E-state index contributed by atoms with van der Waals surface area (Å²) >= 11 is 0. The van der Waals surface area contributed by atoms with Crippen LogP contribution in [0.4, 0.5) is 0 Å². The Labute approximate surface area is 116 Å². The van der Waals surface area contributed by atoms with Gasteiger partial charge in [-0.15, -0.1) is 0 Å². The second-order valence-corrected chi connectivity index (χ2v) is 6.80. The molecular formula is C15H28N2O2. The number of rotatable bonds is 3. The van der Waals surface area contributed by atoms with Crippen LogP contribution in [-0.2, 0) is 9.53 Å².